The van der Waals surface area contributed by atoms with E-state index in [1.54, 1.807) is 0 Å². The molecule has 0 aliphatic heterocycles. The quantitative estimate of drug-likeness (QED) is 0.526. The summed E-state index contributed by atoms with van der Waals surface area (Å²) in [6, 6.07) is 0.617. The molecule has 3 N–H and O–H groups in total. The van der Waals surface area contributed by atoms with Crippen LogP contribution in [-0.2, 0) is 0 Å². The van der Waals surface area contributed by atoms with Gasteiger partial charge < -0.3 is 0 Å². The van der Waals surface area contributed by atoms with Gasteiger partial charge in [0.15, 0.2) is 0 Å². The van der Waals surface area contributed by atoms with Crippen molar-refractivity contribution in [1.29, 1.82) is 0 Å². The van der Waals surface area contributed by atoms with E-state index >= 15 is 0 Å². The Balaban J connectivity index is 1.91. The Hall–Kier alpha value is -0.0800. The SMILES string of the molecule is NN[C@H]1CCCC[C@H]1C1CCCCC1. The number of rotatable bonds is 2. The van der Waals surface area contributed by atoms with Gasteiger partial charge in [-0.25, -0.2) is 0 Å². The molecule has 0 unspecified atom stereocenters. The molecule has 82 valence electrons. The smallest absolute Gasteiger partial charge is 0.0241 e. The van der Waals surface area contributed by atoms with Gasteiger partial charge in [0.05, 0.1) is 0 Å². The molecule has 0 aromatic rings. The van der Waals surface area contributed by atoms with Crippen LogP contribution in [-0.4, -0.2) is 6.04 Å². The maximum atomic E-state index is 5.65. The van der Waals surface area contributed by atoms with Crippen LogP contribution in [0.5, 0.6) is 0 Å². The van der Waals surface area contributed by atoms with Gasteiger partial charge in [-0.15, -0.1) is 0 Å². The molecular formula is C12H24N2. The molecule has 2 aliphatic rings. The third-order valence-electron chi connectivity index (χ3n) is 4.29. The first-order chi connectivity index (χ1) is 6.92. The summed E-state index contributed by atoms with van der Waals surface area (Å²) in [4.78, 5) is 0. The first-order valence-electron chi connectivity index (χ1n) is 6.38. The van der Waals surface area contributed by atoms with Crippen molar-refractivity contribution in [1.82, 2.24) is 5.43 Å². The van der Waals surface area contributed by atoms with Gasteiger partial charge >= 0.3 is 0 Å². The van der Waals surface area contributed by atoms with Gasteiger partial charge in [-0.1, -0.05) is 44.9 Å². The zero-order valence-corrected chi connectivity index (χ0v) is 9.17. The van der Waals surface area contributed by atoms with E-state index in [1.165, 1.54) is 57.8 Å². The molecular weight excluding hydrogens is 172 g/mol. The fraction of sp³-hybridized carbons (Fsp3) is 1.00. The maximum Gasteiger partial charge on any atom is 0.0241 e. The van der Waals surface area contributed by atoms with Gasteiger partial charge in [0.1, 0.15) is 0 Å². The first-order valence-corrected chi connectivity index (χ1v) is 6.38. The van der Waals surface area contributed by atoms with Crippen molar-refractivity contribution in [2.75, 3.05) is 0 Å². The van der Waals surface area contributed by atoms with Crippen molar-refractivity contribution in [3.63, 3.8) is 0 Å². The van der Waals surface area contributed by atoms with Crippen LogP contribution in [0.4, 0.5) is 0 Å². The molecule has 0 heterocycles. The van der Waals surface area contributed by atoms with Gasteiger partial charge in [0.2, 0.25) is 0 Å². The summed E-state index contributed by atoms with van der Waals surface area (Å²) in [6.07, 6.45) is 12.8. The molecule has 2 fully saturated rings. The Morgan fingerprint density at radius 1 is 0.786 bits per heavy atom. The number of hydrazine groups is 1. The molecule has 0 aromatic heterocycles. The second-order valence-corrected chi connectivity index (χ2v) is 5.12. The average molecular weight is 196 g/mol. The van der Waals surface area contributed by atoms with Crippen LogP contribution in [0.3, 0.4) is 0 Å². The minimum absolute atomic E-state index is 0.617. The van der Waals surface area contributed by atoms with Crippen LogP contribution >= 0.6 is 0 Å². The summed E-state index contributed by atoms with van der Waals surface area (Å²) < 4.78 is 0. The highest BCUT2D eigenvalue weighted by Crippen LogP contribution is 2.38. The van der Waals surface area contributed by atoms with Crippen molar-refractivity contribution < 1.29 is 0 Å². The topological polar surface area (TPSA) is 38.0 Å². The highest BCUT2D eigenvalue weighted by atomic mass is 15.2. The van der Waals surface area contributed by atoms with Gasteiger partial charge in [-0.2, -0.15) is 0 Å². The van der Waals surface area contributed by atoms with E-state index in [0.717, 1.165) is 11.8 Å². The molecule has 14 heavy (non-hydrogen) atoms. The van der Waals surface area contributed by atoms with Crippen molar-refractivity contribution in [2.45, 2.75) is 63.8 Å². The predicted octanol–water partition coefficient (Wildman–Crippen LogP) is 2.59. The lowest BCUT2D eigenvalue weighted by molar-refractivity contribution is 0.151. The van der Waals surface area contributed by atoms with Crippen LogP contribution in [0.2, 0.25) is 0 Å². The van der Waals surface area contributed by atoms with Crippen molar-refractivity contribution in [2.24, 2.45) is 17.7 Å². The Labute approximate surface area is 87.6 Å². The van der Waals surface area contributed by atoms with E-state index < -0.39 is 0 Å². The summed E-state index contributed by atoms with van der Waals surface area (Å²) in [5.74, 6) is 7.51. The van der Waals surface area contributed by atoms with Crippen molar-refractivity contribution in [3.05, 3.63) is 0 Å². The monoisotopic (exact) mass is 196 g/mol. The standard InChI is InChI=1S/C12H24N2/c13-14-12-9-5-4-8-11(12)10-6-2-1-3-7-10/h10-12,14H,1-9,13H2/t11-,12-/m0/s1. The van der Waals surface area contributed by atoms with Crippen molar-refractivity contribution in [3.8, 4) is 0 Å². The van der Waals surface area contributed by atoms with E-state index in [1.807, 2.05) is 0 Å². The Bertz CT molecular complexity index is 164. The normalized spacial score (nSPS) is 35.8. The molecule has 2 aliphatic carbocycles. The van der Waals surface area contributed by atoms with Crippen LogP contribution in [0.1, 0.15) is 57.8 Å². The zero-order valence-electron chi connectivity index (χ0n) is 9.17. The first kappa shape index (κ1) is 10.4. The van der Waals surface area contributed by atoms with Crippen LogP contribution in [0, 0.1) is 11.8 Å². The lowest BCUT2D eigenvalue weighted by atomic mass is 9.71. The molecule has 0 bridgehead atoms. The van der Waals surface area contributed by atoms with Crippen LogP contribution in [0.25, 0.3) is 0 Å². The number of nitrogens with two attached hydrogens (primary N) is 1. The van der Waals surface area contributed by atoms with E-state index in [0.29, 0.717) is 6.04 Å². The molecule has 2 saturated carbocycles. The highest BCUT2D eigenvalue weighted by Gasteiger charge is 2.31. The van der Waals surface area contributed by atoms with E-state index in [4.69, 9.17) is 5.84 Å². The molecule has 0 aromatic carbocycles. The van der Waals surface area contributed by atoms with Crippen molar-refractivity contribution >= 4 is 0 Å². The van der Waals surface area contributed by atoms with Gasteiger partial charge in [-0.3, -0.25) is 11.3 Å². The number of nitrogens with one attached hydrogen (secondary N) is 1. The molecule has 0 saturated heterocycles. The molecule has 0 amide bonds. The minimum atomic E-state index is 0.617. The second kappa shape index (κ2) is 5.13. The fourth-order valence-corrected chi connectivity index (χ4v) is 3.49. The molecule has 2 atom stereocenters. The van der Waals surface area contributed by atoms with E-state index in [-0.39, 0.29) is 0 Å². The van der Waals surface area contributed by atoms with Gasteiger partial charge in [-0.05, 0) is 24.7 Å². The largest absolute Gasteiger partial charge is 0.271 e. The fourth-order valence-electron chi connectivity index (χ4n) is 3.49. The lowest BCUT2D eigenvalue weighted by Gasteiger charge is -2.38. The third kappa shape index (κ3) is 2.29. The predicted molar refractivity (Wildman–Crippen MR) is 59.6 cm³/mol. The second-order valence-electron chi connectivity index (χ2n) is 5.12. The molecule has 2 rings (SSSR count). The molecule has 0 spiro atoms. The van der Waals surface area contributed by atoms with Crippen LogP contribution in [0.15, 0.2) is 0 Å². The Morgan fingerprint density at radius 3 is 2.14 bits per heavy atom. The Morgan fingerprint density at radius 2 is 1.43 bits per heavy atom. The molecule has 2 nitrogen and oxygen atoms in total. The lowest BCUT2D eigenvalue weighted by Crippen LogP contribution is -2.45. The van der Waals surface area contributed by atoms with Gasteiger partial charge in [0.25, 0.3) is 0 Å². The molecule has 0 radical (unpaired) electrons. The highest BCUT2D eigenvalue weighted by molar-refractivity contribution is 4.85. The third-order valence-corrected chi connectivity index (χ3v) is 4.29. The molecule has 2 heteroatoms. The minimum Gasteiger partial charge on any atom is -0.271 e. The summed E-state index contributed by atoms with van der Waals surface area (Å²) >= 11 is 0. The summed E-state index contributed by atoms with van der Waals surface area (Å²) in [6.45, 7) is 0. The van der Waals surface area contributed by atoms with E-state index in [2.05, 4.69) is 5.43 Å². The summed E-state index contributed by atoms with van der Waals surface area (Å²) in [5.41, 5.74) is 3.05. The number of hydrogen-bond acceptors (Lipinski definition) is 2. The van der Waals surface area contributed by atoms with E-state index in [9.17, 15) is 0 Å². The summed E-state index contributed by atoms with van der Waals surface area (Å²) in [5, 5.41) is 0. The number of hydrogen-bond donors (Lipinski definition) is 2. The maximum absolute atomic E-state index is 5.65. The average Bonchev–Trinajstić information content (AvgIpc) is 2.30. The summed E-state index contributed by atoms with van der Waals surface area (Å²) in [7, 11) is 0. The van der Waals surface area contributed by atoms with Crippen LogP contribution < -0.4 is 11.3 Å². The van der Waals surface area contributed by atoms with Gasteiger partial charge in [0, 0.05) is 6.04 Å². The Kier molecular flexibility index (Phi) is 3.82. The zero-order chi connectivity index (χ0) is 9.80.